The SMILES string of the molecule is CC(C)(C)c1ccc(Nc2cc(N(c3ccccc3)c3ccccc3)c3c(c2)oc2ccccc23)cc1. The number of hydrogen-bond donors (Lipinski definition) is 1. The van der Waals surface area contributed by atoms with Gasteiger partial charge in [0.15, 0.2) is 0 Å². The Hall–Kier alpha value is -4.50. The molecular weight excluding hydrogens is 452 g/mol. The molecule has 0 bridgehead atoms. The summed E-state index contributed by atoms with van der Waals surface area (Å²) in [6.45, 7) is 6.71. The monoisotopic (exact) mass is 482 g/mol. The van der Waals surface area contributed by atoms with Crippen LogP contribution in [0.5, 0.6) is 0 Å². The van der Waals surface area contributed by atoms with E-state index < -0.39 is 0 Å². The second-order valence-electron chi connectivity index (χ2n) is 10.4. The lowest BCUT2D eigenvalue weighted by atomic mass is 9.87. The zero-order valence-corrected chi connectivity index (χ0v) is 21.4. The van der Waals surface area contributed by atoms with E-state index in [2.05, 4.69) is 140 Å². The Bertz CT molecular complexity index is 1620. The maximum Gasteiger partial charge on any atom is 0.139 e. The van der Waals surface area contributed by atoms with E-state index in [1.54, 1.807) is 0 Å². The smallest absolute Gasteiger partial charge is 0.139 e. The molecule has 5 aromatic carbocycles. The first-order valence-electron chi connectivity index (χ1n) is 12.7. The summed E-state index contributed by atoms with van der Waals surface area (Å²) in [6.07, 6.45) is 0. The van der Waals surface area contributed by atoms with Gasteiger partial charge in [0.2, 0.25) is 0 Å². The Morgan fingerprint density at radius 3 is 1.81 bits per heavy atom. The molecule has 1 heterocycles. The molecule has 0 aliphatic carbocycles. The van der Waals surface area contributed by atoms with Crippen LogP contribution in [0.2, 0.25) is 0 Å². The van der Waals surface area contributed by atoms with Crippen molar-refractivity contribution in [2.24, 2.45) is 0 Å². The summed E-state index contributed by atoms with van der Waals surface area (Å²) >= 11 is 0. The van der Waals surface area contributed by atoms with Crippen molar-refractivity contribution in [2.75, 3.05) is 10.2 Å². The van der Waals surface area contributed by atoms with Crippen molar-refractivity contribution in [1.29, 1.82) is 0 Å². The minimum atomic E-state index is 0.116. The fourth-order valence-electron chi connectivity index (χ4n) is 4.88. The first-order chi connectivity index (χ1) is 18.0. The molecule has 37 heavy (non-hydrogen) atoms. The van der Waals surface area contributed by atoms with Crippen LogP contribution in [0.15, 0.2) is 126 Å². The normalized spacial score (nSPS) is 11.6. The van der Waals surface area contributed by atoms with Crippen LogP contribution in [0.4, 0.5) is 28.4 Å². The van der Waals surface area contributed by atoms with Gasteiger partial charge in [-0.25, -0.2) is 0 Å². The lowest BCUT2D eigenvalue weighted by Gasteiger charge is -2.27. The average Bonchev–Trinajstić information content (AvgIpc) is 3.28. The van der Waals surface area contributed by atoms with Crippen LogP contribution < -0.4 is 10.2 Å². The van der Waals surface area contributed by atoms with Crippen LogP contribution in [0.25, 0.3) is 21.9 Å². The highest BCUT2D eigenvalue weighted by molar-refractivity contribution is 6.14. The first kappa shape index (κ1) is 22.9. The van der Waals surface area contributed by atoms with Crippen molar-refractivity contribution in [3.63, 3.8) is 0 Å². The van der Waals surface area contributed by atoms with Crippen molar-refractivity contribution in [3.8, 4) is 0 Å². The number of benzene rings is 5. The van der Waals surface area contributed by atoms with Gasteiger partial charge in [0.25, 0.3) is 0 Å². The van der Waals surface area contributed by atoms with Crippen LogP contribution in [0.1, 0.15) is 26.3 Å². The number of furan rings is 1. The summed E-state index contributed by atoms with van der Waals surface area (Å²) in [6, 6.07) is 42.3. The summed E-state index contributed by atoms with van der Waals surface area (Å²) in [5.41, 5.74) is 8.42. The number of rotatable bonds is 5. The molecule has 182 valence electrons. The number of nitrogens with zero attached hydrogens (tertiary/aromatic N) is 1. The molecule has 6 rings (SSSR count). The van der Waals surface area contributed by atoms with E-state index in [-0.39, 0.29) is 5.41 Å². The van der Waals surface area contributed by atoms with Gasteiger partial charge in [0, 0.05) is 34.2 Å². The van der Waals surface area contributed by atoms with Crippen LogP contribution >= 0.6 is 0 Å². The van der Waals surface area contributed by atoms with Crippen LogP contribution in [-0.4, -0.2) is 0 Å². The topological polar surface area (TPSA) is 28.4 Å². The molecule has 0 atom stereocenters. The van der Waals surface area contributed by atoms with Crippen LogP contribution in [0, 0.1) is 0 Å². The molecule has 0 aliphatic rings. The molecule has 3 heteroatoms. The van der Waals surface area contributed by atoms with Gasteiger partial charge >= 0.3 is 0 Å². The van der Waals surface area contributed by atoms with E-state index in [0.29, 0.717) is 0 Å². The largest absolute Gasteiger partial charge is 0.456 e. The third-order valence-corrected chi connectivity index (χ3v) is 6.77. The molecule has 1 N–H and O–H groups in total. The summed E-state index contributed by atoms with van der Waals surface area (Å²) in [5, 5.41) is 5.83. The predicted octanol–water partition coefficient (Wildman–Crippen LogP) is 10.1. The van der Waals surface area contributed by atoms with Crippen molar-refractivity contribution < 1.29 is 4.42 Å². The summed E-state index contributed by atoms with van der Waals surface area (Å²) < 4.78 is 6.39. The standard InChI is InChI=1S/C34H30N2O/c1-34(2,3)24-18-20-25(21-19-24)35-26-22-30(33-29-16-10-11-17-31(29)37-32(33)23-26)36(27-12-6-4-7-13-27)28-14-8-5-9-15-28/h4-23,35H,1-3H3. The summed E-state index contributed by atoms with van der Waals surface area (Å²) in [7, 11) is 0. The predicted molar refractivity (Wildman–Crippen MR) is 157 cm³/mol. The molecule has 0 aliphatic heterocycles. The van der Waals surface area contributed by atoms with Crippen LogP contribution in [-0.2, 0) is 5.41 Å². The second-order valence-corrected chi connectivity index (χ2v) is 10.4. The Morgan fingerprint density at radius 1 is 0.595 bits per heavy atom. The zero-order chi connectivity index (χ0) is 25.4. The highest BCUT2D eigenvalue weighted by Crippen LogP contribution is 2.44. The van der Waals surface area contributed by atoms with E-state index >= 15 is 0 Å². The van der Waals surface area contributed by atoms with Crippen molar-refractivity contribution in [3.05, 3.63) is 127 Å². The Kier molecular flexibility index (Phi) is 5.69. The molecule has 1 aromatic heterocycles. The maximum absolute atomic E-state index is 6.39. The highest BCUT2D eigenvalue weighted by Gasteiger charge is 2.20. The number of para-hydroxylation sites is 3. The molecule has 0 radical (unpaired) electrons. The molecule has 3 nitrogen and oxygen atoms in total. The van der Waals surface area contributed by atoms with Gasteiger partial charge in [0.05, 0.1) is 11.1 Å². The fourth-order valence-corrected chi connectivity index (χ4v) is 4.88. The van der Waals surface area contributed by atoms with E-state index in [0.717, 1.165) is 50.4 Å². The zero-order valence-electron chi connectivity index (χ0n) is 21.4. The lowest BCUT2D eigenvalue weighted by molar-refractivity contribution is 0.590. The molecule has 0 spiro atoms. The average molecular weight is 483 g/mol. The van der Waals surface area contributed by atoms with Gasteiger partial charge in [-0.1, -0.05) is 87.5 Å². The van der Waals surface area contributed by atoms with E-state index in [4.69, 9.17) is 4.42 Å². The lowest BCUT2D eigenvalue weighted by Crippen LogP contribution is -2.11. The first-order valence-corrected chi connectivity index (χ1v) is 12.7. The minimum absolute atomic E-state index is 0.116. The molecule has 0 saturated heterocycles. The van der Waals surface area contributed by atoms with Crippen molar-refractivity contribution >= 4 is 50.4 Å². The third kappa shape index (κ3) is 4.45. The van der Waals surface area contributed by atoms with E-state index in [9.17, 15) is 0 Å². The summed E-state index contributed by atoms with van der Waals surface area (Å²) in [4.78, 5) is 2.30. The third-order valence-electron chi connectivity index (χ3n) is 6.77. The van der Waals surface area contributed by atoms with E-state index in [1.807, 2.05) is 12.1 Å². The number of fused-ring (bicyclic) bond motifs is 3. The number of nitrogens with one attached hydrogen (secondary N) is 1. The van der Waals surface area contributed by atoms with Gasteiger partial charge in [-0.2, -0.15) is 0 Å². The maximum atomic E-state index is 6.39. The molecule has 0 unspecified atom stereocenters. The molecular formula is C34H30N2O. The second kappa shape index (κ2) is 9.18. The molecule has 0 fully saturated rings. The van der Waals surface area contributed by atoms with E-state index in [1.165, 1.54) is 5.56 Å². The quantitative estimate of drug-likeness (QED) is 0.265. The number of hydrogen-bond acceptors (Lipinski definition) is 3. The molecule has 0 saturated carbocycles. The van der Waals surface area contributed by atoms with Gasteiger partial charge in [-0.3, -0.25) is 0 Å². The van der Waals surface area contributed by atoms with Gasteiger partial charge in [-0.15, -0.1) is 0 Å². The van der Waals surface area contributed by atoms with Gasteiger partial charge < -0.3 is 14.6 Å². The Morgan fingerprint density at radius 2 is 1.19 bits per heavy atom. The Labute approximate surface area is 218 Å². The fraction of sp³-hybridized carbons (Fsp3) is 0.118. The minimum Gasteiger partial charge on any atom is -0.456 e. The van der Waals surface area contributed by atoms with Gasteiger partial charge in [0.1, 0.15) is 11.2 Å². The van der Waals surface area contributed by atoms with Crippen molar-refractivity contribution in [1.82, 2.24) is 0 Å². The molecule has 6 aromatic rings. The van der Waals surface area contributed by atoms with Gasteiger partial charge in [-0.05, 0) is 59.5 Å². The molecule has 0 amide bonds. The number of anilines is 5. The Balaban J connectivity index is 1.55. The highest BCUT2D eigenvalue weighted by atomic mass is 16.3. The van der Waals surface area contributed by atoms with Crippen LogP contribution in [0.3, 0.4) is 0 Å². The summed E-state index contributed by atoms with van der Waals surface area (Å²) in [5.74, 6) is 0. The van der Waals surface area contributed by atoms with Crippen molar-refractivity contribution in [2.45, 2.75) is 26.2 Å².